The minimum absolute atomic E-state index is 0.129. The van der Waals surface area contributed by atoms with Crippen molar-refractivity contribution in [2.24, 2.45) is 0 Å². The first-order chi connectivity index (χ1) is 14.9. The molecule has 0 bridgehead atoms. The minimum atomic E-state index is -2.01. The average Bonchev–Trinajstić information content (AvgIpc) is 3.31. The summed E-state index contributed by atoms with van der Waals surface area (Å²) in [5.41, 5.74) is 1.92. The molecule has 0 aliphatic carbocycles. The Balaban J connectivity index is 1.83. The molecular weight excluding hydrogens is 402 g/mol. The molecule has 2 aliphatic rings. The molecule has 0 aromatic heterocycles. The van der Waals surface area contributed by atoms with Crippen molar-refractivity contribution >= 4 is 28.7 Å². The van der Waals surface area contributed by atoms with Gasteiger partial charge in [0.05, 0.1) is 18.4 Å². The van der Waals surface area contributed by atoms with Gasteiger partial charge in [-0.3, -0.25) is 9.59 Å². The predicted octanol–water partition coefficient (Wildman–Crippen LogP) is 3.12. The maximum absolute atomic E-state index is 13.0. The monoisotopic (exact) mass is 421 g/mol. The molecule has 8 nitrogen and oxygen atoms in total. The summed E-state index contributed by atoms with van der Waals surface area (Å²) >= 11 is 0. The Morgan fingerprint density at radius 2 is 1.84 bits per heavy atom. The quantitative estimate of drug-likeness (QED) is 0.647. The van der Waals surface area contributed by atoms with Crippen molar-refractivity contribution in [1.29, 1.82) is 0 Å². The second-order valence-corrected chi connectivity index (χ2v) is 7.54. The third-order valence-corrected chi connectivity index (χ3v) is 5.58. The molecular formula is C23H19NO7. The molecule has 2 aliphatic heterocycles. The van der Waals surface area contributed by atoms with Crippen molar-refractivity contribution in [2.45, 2.75) is 12.7 Å². The van der Waals surface area contributed by atoms with Crippen LogP contribution in [0.5, 0.6) is 23.0 Å². The maximum atomic E-state index is 13.0. The molecule has 0 saturated carbocycles. The highest BCUT2D eigenvalue weighted by atomic mass is 16.7. The number of Topliss-reactive ketones (excluding diaryl/α,β-unsaturated/α-hetero) is 1. The number of aliphatic hydroxyl groups is 1. The molecule has 2 heterocycles. The standard InChI is InChI=1S/C23H19NO7/c1-23(27)22(26)19-13(6-7-16(28-3)21(19)31-23)14-5-4-12-8-17-18(30-11-29-17)9-15(12)20(14)24(2)10-25/h4-10,27H,11H2,1-3H3. The number of amides is 1. The second kappa shape index (κ2) is 6.61. The van der Waals surface area contributed by atoms with E-state index in [-0.39, 0.29) is 18.1 Å². The molecule has 3 aromatic carbocycles. The van der Waals surface area contributed by atoms with Gasteiger partial charge in [-0.15, -0.1) is 0 Å². The summed E-state index contributed by atoms with van der Waals surface area (Å²) < 4.78 is 21.8. The Morgan fingerprint density at radius 3 is 2.55 bits per heavy atom. The molecule has 31 heavy (non-hydrogen) atoms. The van der Waals surface area contributed by atoms with Crippen LogP contribution in [0, 0.1) is 0 Å². The fraction of sp³-hybridized carbons (Fsp3) is 0.217. The average molecular weight is 421 g/mol. The summed E-state index contributed by atoms with van der Waals surface area (Å²) in [4.78, 5) is 26.2. The van der Waals surface area contributed by atoms with Crippen molar-refractivity contribution in [3.63, 3.8) is 0 Å². The number of ketones is 1. The zero-order valence-corrected chi connectivity index (χ0v) is 17.1. The SMILES string of the molecule is COc1ccc(-c2ccc3cc4c(cc3c2N(C)C=O)OCO4)c2c1OC(C)(O)C2=O. The molecule has 0 saturated heterocycles. The number of anilines is 1. The van der Waals surface area contributed by atoms with Crippen LogP contribution in [0.3, 0.4) is 0 Å². The molecule has 0 radical (unpaired) electrons. The van der Waals surface area contributed by atoms with Crippen LogP contribution in [0.25, 0.3) is 21.9 Å². The summed E-state index contributed by atoms with van der Waals surface area (Å²) in [5, 5.41) is 12.0. The van der Waals surface area contributed by atoms with E-state index in [9.17, 15) is 14.7 Å². The number of rotatable bonds is 4. The van der Waals surface area contributed by atoms with E-state index in [4.69, 9.17) is 18.9 Å². The van der Waals surface area contributed by atoms with Crippen molar-refractivity contribution in [3.8, 4) is 34.1 Å². The number of methoxy groups -OCH3 is 1. The van der Waals surface area contributed by atoms with Gasteiger partial charge in [-0.2, -0.15) is 0 Å². The molecule has 158 valence electrons. The topological polar surface area (TPSA) is 94.5 Å². The fourth-order valence-electron chi connectivity index (χ4n) is 4.10. The summed E-state index contributed by atoms with van der Waals surface area (Å²) in [5.74, 6) is -0.884. The van der Waals surface area contributed by atoms with E-state index < -0.39 is 11.6 Å². The highest BCUT2D eigenvalue weighted by Crippen LogP contribution is 2.49. The van der Waals surface area contributed by atoms with Gasteiger partial charge in [-0.25, -0.2) is 0 Å². The Morgan fingerprint density at radius 1 is 1.13 bits per heavy atom. The first-order valence-electron chi connectivity index (χ1n) is 9.57. The lowest BCUT2D eigenvalue weighted by molar-refractivity contribution is -0.107. The molecule has 5 rings (SSSR count). The van der Waals surface area contributed by atoms with Crippen LogP contribution in [-0.4, -0.2) is 44.0 Å². The van der Waals surface area contributed by atoms with Crippen LogP contribution in [-0.2, 0) is 4.79 Å². The molecule has 8 heteroatoms. The van der Waals surface area contributed by atoms with Crippen molar-refractivity contribution in [3.05, 3.63) is 42.0 Å². The Hall–Kier alpha value is -3.78. The summed E-state index contributed by atoms with van der Waals surface area (Å²) in [7, 11) is 3.09. The molecule has 0 fully saturated rings. The Bertz CT molecular complexity index is 1260. The van der Waals surface area contributed by atoms with E-state index >= 15 is 0 Å². The van der Waals surface area contributed by atoms with Gasteiger partial charge in [-0.05, 0) is 35.2 Å². The third kappa shape index (κ3) is 2.72. The molecule has 0 spiro atoms. The predicted molar refractivity (Wildman–Crippen MR) is 112 cm³/mol. The van der Waals surface area contributed by atoms with Crippen LogP contribution >= 0.6 is 0 Å². The molecule has 3 aromatic rings. The highest BCUT2D eigenvalue weighted by molar-refractivity contribution is 6.15. The Labute approximate surface area is 177 Å². The van der Waals surface area contributed by atoms with E-state index in [0.29, 0.717) is 40.5 Å². The fourth-order valence-corrected chi connectivity index (χ4v) is 4.10. The van der Waals surface area contributed by atoms with Crippen molar-refractivity contribution in [2.75, 3.05) is 25.9 Å². The van der Waals surface area contributed by atoms with Crippen molar-refractivity contribution in [1.82, 2.24) is 0 Å². The maximum Gasteiger partial charge on any atom is 0.270 e. The smallest absolute Gasteiger partial charge is 0.270 e. The van der Waals surface area contributed by atoms with Gasteiger partial charge < -0.3 is 29.0 Å². The van der Waals surface area contributed by atoms with Gasteiger partial charge in [-0.1, -0.05) is 12.1 Å². The number of ether oxygens (including phenoxy) is 4. The molecule has 1 unspecified atom stereocenters. The first kappa shape index (κ1) is 19.2. The van der Waals surface area contributed by atoms with E-state index in [1.165, 1.54) is 18.9 Å². The molecule has 1 N–H and O–H groups in total. The number of benzene rings is 3. The zero-order valence-electron chi connectivity index (χ0n) is 17.1. The zero-order chi connectivity index (χ0) is 21.9. The van der Waals surface area contributed by atoms with Gasteiger partial charge in [0.15, 0.2) is 23.0 Å². The molecule has 1 atom stereocenters. The second-order valence-electron chi connectivity index (χ2n) is 7.54. The van der Waals surface area contributed by atoms with Crippen LogP contribution < -0.4 is 23.8 Å². The van der Waals surface area contributed by atoms with E-state index in [1.54, 1.807) is 19.2 Å². The van der Waals surface area contributed by atoms with Gasteiger partial charge in [0.25, 0.3) is 5.79 Å². The number of fused-ring (bicyclic) bond motifs is 3. The highest BCUT2D eigenvalue weighted by Gasteiger charge is 2.46. The van der Waals surface area contributed by atoms with Gasteiger partial charge in [0.2, 0.25) is 19.0 Å². The number of nitrogens with zero attached hydrogens (tertiary/aromatic N) is 1. The minimum Gasteiger partial charge on any atom is -0.493 e. The van der Waals surface area contributed by atoms with E-state index in [1.807, 2.05) is 24.3 Å². The van der Waals surface area contributed by atoms with Gasteiger partial charge in [0.1, 0.15) is 0 Å². The van der Waals surface area contributed by atoms with E-state index in [2.05, 4.69) is 0 Å². The van der Waals surface area contributed by atoms with Crippen LogP contribution in [0.4, 0.5) is 5.69 Å². The molecule has 1 amide bonds. The van der Waals surface area contributed by atoms with Crippen LogP contribution in [0.15, 0.2) is 36.4 Å². The lowest BCUT2D eigenvalue weighted by atomic mass is 9.91. The normalized spacial score (nSPS) is 18.6. The summed E-state index contributed by atoms with van der Waals surface area (Å²) in [6.07, 6.45) is 0.696. The van der Waals surface area contributed by atoms with Crippen molar-refractivity contribution < 1.29 is 33.6 Å². The van der Waals surface area contributed by atoms with E-state index in [0.717, 1.165) is 10.8 Å². The number of carbonyl (C=O) groups is 2. The van der Waals surface area contributed by atoms with Crippen LogP contribution in [0.1, 0.15) is 17.3 Å². The van der Waals surface area contributed by atoms with Gasteiger partial charge >= 0.3 is 0 Å². The number of hydrogen-bond donors (Lipinski definition) is 1. The largest absolute Gasteiger partial charge is 0.493 e. The number of hydrogen-bond acceptors (Lipinski definition) is 7. The Kier molecular flexibility index (Phi) is 4.10. The van der Waals surface area contributed by atoms with Crippen LogP contribution in [0.2, 0.25) is 0 Å². The number of carbonyl (C=O) groups excluding carboxylic acids is 2. The summed E-state index contributed by atoms with van der Waals surface area (Å²) in [6, 6.07) is 10.7. The van der Waals surface area contributed by atoms with Gasteiger partial charge in [0, 0.05) is 24.9 Å². The summed E-state index contributed by atoms with van der Waals surface area (Å²) in [6.45, 7) is 1.42. The lowest BCUT2D eigenvalue weighted by Crippen LogP contribution is -2.35. The first-order valence-corrected chi connectivity index (χ1v) is 9.57. The third-order valence-electron chi connectivity index (χ3n) is 5.58. The lowest BCUT2D eigenvalue weighted by Gasteiger charge is -2.21.